The Kier molecular flexibility index (Phi) is 5.67. The fourth-order valence-electron chi connectivity index (χ4n) is 3.88. The number of benzene rings is 2. The summed E-state index contributed by atoms with van der Waals surface area (Å²) in [6.07, 6.45) is 9.26. The van der Waals surface area contributed by atoms with Gasteiger partial charge in [-0.15, -0.1) is 0 Å². The van der Waals surface area contributed by atoms with Gasteiger partial charge in [-0.3, -0.25) is 0 Å². The van der Waals surface area contributed by atoms with Crippen molar-refractivity contribution in [2.75, 3.05) is 6.61 Å². The highest BCUT2D eigenvalue weighted by Crippen LogP contribution is 2.41. The first-order valence-corrected chi connectivity index (χ1v) is 9.64. The van der Waals surface area contributed by atoms with Crippen LogP contribution >= 0.6 is 0 Å². The van der Waals surface area contributed by atoms with Crippen LogP contribution in [0, 0.1) is 0 Å². The third-order valence-electron chi connectivity index (χ3n) is 5.34. The van der Waals surface area contributed by atoms with Gasteiger partial charge in [0.2, 0.25) is 0 Å². The van der Waals surface area contributed by atoms with Crippen LogP contribution in [0.3, 0.4) is 0 Å². The standard InChI is InChI=1S/C23H30O2/c1-4-17-10-11-19-14-20(18-8-6-5-7-9-18)22(24)15-21(19)23(17)25-13-12-16(2)3/h10-12,14-15,18,24H,4-9,13H2,1-3H3. The van der Waals surface area contributed by atoms with Crippen molar-refractivity contribution in [3.8, 4) is 11.5 Å². The molecule has 2 aromatic rings. The molecule has 25 heavy (non-hydrogen) atoms. The highest BCUT2D eigenvalue weighted by Gasteiger charge is 2.20. The van der Waals surface area contributed by atoms with Crippen molar-refractivity contribution < 1.29 is 9.84 Å². The first-order valence-electron chi connectivity index (χ1n) is 9.64. The summed E-state index contributed by atoms with van der Waals surface area (Å²) in [6.45, 7) is 6.87. The van der Waals surface area contributed by atoms with Crippen molar-refractivity contribution in [2.24, 2.45) is 0 Å². The molecule has 134 valence electrons. The molecule has 2 nitrogen and oxygen atoms in total. The number of fused-ring (bicyclic) bond motifs is 1. The molecule has 0 heterocycles. The number of hydrogen-bond donors (Lipinski definition) is 1. The number of rotatable bonds is 5. The van der Waals surface area contributed by atoms with E-state index in [2.05, 4.69) is 45.0 Å². The predicted octanol–water partition coefficient (Wildman–Crippen LogP) is 6.50. The molecule has 0 spiro atoms. The van der Waals surface area contributed by atoms with Gasteiger partial charge in [0.25, 0.3) is 0 Å². The highest BCUT2D eigenvalue weighted by atomic mass is 16.5. The van der Waals surface area contributed by atoms with E-state index < -0.39 is 0 Å². The van der Waals surface area contributed by atoms with E-state index in [9.17, 15) is 5.11 Å². The lowest BCUT2D eigenvalue weighted by Crippen LogP contribution is -2.05. The van der Waals surface area contributed by atoms with E-state index in [0.29, 0.717) is 18.3 Å². The van der Waals surface area contributed by atoms with Crippen LogP contribution in [0.25, 0.3) is 10.8 Å². The first kappa shape index (κ1) is 17.8. The van der Waals surface area contributed by atoms with Crippen molar-refractivity contribution in [3.63, 3.8) is 0 Å². The van der Waals surface area contributed by atoms with Crippen molar-refractivity contribution in [3.05, 3.63) is 47.0 Å². The molecule has 0 saturated heterocycles. The normalized spacial score (nSPS) is 15.3. The van der Waals surface area contributed by atoms with Crippen LogP contribution in [-0.4, -0.2) is 11.7 Å². The summed E-state index contributed by atoms with van der Waals surface area (Å²) in [4.78, 5) is 0. The van der Waals surface area contributed by atoms with Gasteiger partial charge in [0, 0.05) is 5.39 Å². The molecule has 1 saturated carbocycles. The monoisotopic (exact) mass is 338 g/mol. The first-order chi connectivity index (χ1) is 12.1. The molecule has 0 atom stereocenters. The third-order valence-corrected chi connectivity index (χ3v) is 5.34. The third kappa shape index (κ3) is 4.00. The average Bonchev–Trinajstić information content (AvgIpc) is 2.62. The maximum Gasteiger partial charge on any atom is 0.130 e. The minimum Gasteiger partial charge on any atom is -0.508 e. The second-order valence-electron chi connectivity index (χ2n) is 7.47. The van der Waals surface area contributed by atoms with Gasteiger partial charge >= 0.3 is 0 Å². The molecule has 0 amide bonds. The lowest BCUT2D eigenvalue weighted by Gasteiger charge is -2.23. The fourth-order valence-corrected chi connectivity index (χ4v) is 3.88. The molecule has 2 aromatic carbocycles. The van der Waals surface area contributed by atoms with Gasteiger partial charge in [0.15, 0.2) is 0 Å². The number of phenolic OH excluding ortho intramolecular Hbond substituents is 1. The average molecular weight is 338 g/mol. The number of ether oxygens (including phenoxy) is 1. The maximum atomic E-state index is 10.7. The van der Waals surface area contributed by atoms with Gasteiger partial charge in [-0.1, -0.05) is 43.9 Å². The molecular formula is C23H30O2. The zero-order valence-electron chi connectivity index (χ0n) is 15.8. The number of phenols is 1. The highest BCUT2D eigenvalue weighted by molar-refractivity contribution is 5.91. The van der Waals surface area contributed by atoms with Crippen molar-refractivity contribution in [1.82, 2.24) is 0 Å². The van der Waals surface area contributed by atoms with Crippen LogP contribution in [0.15, 0.2) is 35.9 Å². The van der Waals surface area contributed by atoms with Gasteiger partial charge in [-0.05, 0) is 73.7 Å². The summed E-state index contributed by atoms with van der Waals surface area (Å²) in [5, 5.41) is 12.9. The van der Waals surface area contributed by atoms with Crippen molar-refractivity contribution >= 4 is 10.8 Å². The Balaban J connectivity index is 2.01. The molecule has 0 aliphatic heterocycles. The number of hydrogen-bond acceptors (Lipinski definition) is 2. The Morgan fingerprint density at radius 3 is 2.60 bits per heavy atom. The van der Waals surface area contributed by atoms with E-state index in [1.54, 1.807) is 0 Å². The van der Waals surface area contributed by atoms with E-state index in [0.717, 1.165) is 23.1 Å². The number of aryl methyl sites for hydroxylation is 1. The van der Waals surface area contributed by atoms with Crippen molar-refractivity contribution in [1.29, 1.82) is 0 Å². The zero-order valence-corrected chi connectivity index (χ0v) is 15.8. The van der Waals surface area contributed by atoms with E-state index in [4.69, 9.17) is 4.74 Å². The molecular weight excluding hydrogens is 308 g/mol. The lowest BCUT2D eigenvalue weighted by molar-refractivity contribution is 0.362. The number of aromatic hydroxyl groups is 1. The van der Waals surface area contributed by atoms with Crippen LogP contribution in [0.5, 0.6) is 11.5 Å². The summed E-state index contributed by atoms with van der Waals surface area (Å²) in [7, 11) is 0. The van der Waals surface area contributed by atoms with Crippen LogP contribution in [0.2, 0.25) is 0 Å². The minimum absolute atomic E-state index is 0.430. The molecule has 0 aromatic heterocycles. The molecule has 1 N–H and O–H groups in total. The molecule has 0 bridgehead atoms. The Labute approximate surface area is 151 Å². The molecule has 2 heteroatoms. The zero-order chi connectivity index (χ0) is 17.8. The maximum absolute atomic E-state index is 10.7. The molecule has 1 fully saturated rings. The van der Waals surface area contributed by atoms with Gasteiger partial charge in [-0.25, -0.2) is 0 Å². The van der Waals surface area contributed by atoms with E-state index in [1.807, 2.05) is 6.07 Å². The second-order valence-corrected chi connectivity index (χ2v) is 7.47. The minimum atomic E-state index is 0.430. The van der Waals surface area contributed by atoms with E-state index in [1.165, 1.54) is 48.6 Å². The van der Waals surface area contributed by atoms with E-state index >= 15 is 0 Å². The van der Waals surface area contributed by atoms with Crippen molar-refractivity contribution in [2.45, 2.75) is 65.2 Å². The van der Waals surface area contributed by atoms with Gasteiger partial charge in [0.1, 0.15) is 18.1 Å². The predicted molar refractivity (Wildman–Crippen MR) is 106 cm³/mol. The van der Waals surface area contributed by atoms with Crippen LogP contribution in [0.1, 0.15) is 69.9 Å². The Morgan fingerprint density at radius 1 is 1.16 bits per heavy atom. The Morgan fingerprint density at radius 2 is 1.92 bits per heavy atom. The molecule has 1 aliphatic carbocycles. The summed E-state index contributed by atoms with van der Waals surface area (Å²) in [5.74, 6) is 1.85. The smallest absolute Gasteiger partial charge is 0.130 e. The molecule has 0 unspecified atom stereocenters. The summed E-state index contributed by atoms with van der Waals surface area (Å²) in [6, 6.07) is 8.46. The molecule has 1 aliphatic rings. The largest absolute Gasteiger partial charge is 0.508 e. The summed E-state index contributed by atoms with van der Waals surface area (Å²) in [5.41, 5.74) is 3.56. The van der Waals surface area contributed by atoms with Crippen LogP contribution in [-0.2, 0) is 6.42 Å². The van der Waals surface area contributed by atoms with Gasteiger partial charge in [-0.2, -0.15) is 0 Å². The lowest BCUT2D eigenvalue weighted by atomic mass is 9.83. The molecule has 0 radical (unpaired) electrons. The van der Waals surface area contributed by atoms with E-state index in [-0.39, 0.29) is 0 Å². The van der Waals surface area contributed by atoms with Crippen LogP contribution < -0.4 is 4.74 Å². The van der Waals surface area contributed by atoms with Gasteiger partial charge < -0.3 is 9.84 Å². The molecule has 3 rings (SSSR count). The SMILES string of the molecule is CCc1ccc2cc(C3CCCCC3)c(O)cc2c1OCC=C(C)C. The number of allylic oxidation sites excluding steroid dienone is 1. The summed E-state index contributed by atoms with van der Waals surface area (Å²) >= 11 is 0. The van der Waals surface area contributed by atoms with Gasteiger partial charge in [0.05, 0.1) is 0 Å². The summed E-state index contributed by atoms with van der Waals surface area (Å²) < 4.78 is 6.10. The Hall–Kier alpha value is -1.96. The second kappa shape index (κ2) is 7.95. The quantitative estimate of drug-likeness (QED) is 0.630. The Bertz CT molecular complexity index is 763. The fraction of sp³-hybridized carbons (Fsp3) is 0.478. The topological polar surface area (TPSA) is 29.5 Å². The van der Waals surface area contributed by atoms with Crippen LogP contribution in [0.4, 0.5) is 0 Å².